The fourth-order valence-corrected chi connectivity index (χ4v) is 3.34. The largest absolute Gasteiger partial charge is 0.361 e. The summed E-state index contributed by atoms with van der Waals surface area (Å²) in [6.07, 6.45) is 3.52. The summed E-state index contributed by atoms with van der Waals surface area (Å²) < 4.78 is 26.5. The number of rotatable bonds is 2. The third-order valence-corrected chi connectivity index (χ3v) is 4.47. The molecule has 0 spiro atoms. The van der Waals surface area contributed by atoms with E-state index >= 15 is 0 Å². The van der Waals surface area contributed by atoms with Crippen LogP contribution >= 0.6 is 23.2 Å². The van der Waals surface area contributed by atoms with Crippen molar-refractivity contribution in [3.8, 4) is 0 Å². The molecule has 2 heterocycles. The number of benzene rings is 1. The van der Waals surface area contributed by atoms with Crippen molar-refractivity contribution in [1.29, 1.82) is 0 Å². The molecule has 3 rings (SSSR count). The predicted molar refractivity (Wildman–Crippen MR) is 84.4 cm³/mol. The summed E-state index contributed by atoms with van der Waals surface area (Å²) in [5.74, 6) is 0. The highest BCUT2D eigenvalue weighted by atomic mass is 35.5. The van der Waals surface area contributed by atoms with Crippen LogP contribution in [0.2, 0.25) is 0 Å². The van der Waals surface area contributed by atoms with E-state index < -0.39 is 11.9 Å². The van der Waals surface area contributed by atoms with Gasteiger partial charge < -0.3 is 10.2 Å². The predicted octanol–water partition coefficient (Wildman–Crippen LogP) is 3.18. The Kier molecular flexibility index (Phi) is 3.41. The highest BCUT2D eigenvalue weighted by molar-refractivity contribution is 6.47. The molecule has 0 saturated carbocycles. The van der Waals surface area contributed by atoms with E-state index in [1.54, 1.807) is 17.2 Å². The summed E-state index contributed by atoms with van der Waals surface area (Å²) in [5, 5.41) is 2.25. The number of hydrogen-bond donors (Lipinski definition) is 1. The molecular formula is C15H14Cl2F2N2. The van der Waals surface area contributed by atoms with Gasteiger partial charge in [-0.15, -0.1) is 0 Å². The molecule has 1 atom stereocenters. The van der Waals surface area contributed by atoms with Gasteiger partial charge in [-0.05, 0) is 49.2 Å². The highest BCUT2D eigenvalue weighted by Gasteiger charge is 2.35. The van der Waals surface area contributed by atoms with Crippen LogP contribution < -0.4 is 20.7 Å². The third-order valence-electron chi connectivity index (χ3n) is 4.04. The molecule has 0 radical (unpaired) electrons. The van der Waals surface area contributed by atoms with E-state index in [-0.39, 0.29) is 6.04 Å². The molecule has 2 nitrogen and oxygen atoms in total. The SMILES string of the molecule is CC1=c2c(ccc3c2=C(Cl)C=CN3)N(CC(F)(F)Cl)C1C. The molecule has 2 aliphatic rings. The van der Waals surface area contributed by atoms with Crippen molar-refractivity contribution in [3.63, 3.8) is 0 Å². The summed E-state index contributed by atoms with van der Waals surface area (Å²) >= 11 is 11.4. The van der Waals surface area contributed by atoms with Crippen molar-refractivity contribution in [2.45, 2.75) is 25.3 Å². The van der Waals surface area contributed by atoms with Crippen LogP contribution in [-0.2, 0) is 0 Å². The van der Waals surface area contributed by atoms with Crippen molar-refractivity contribution in [3.05, 3.63) is 34.8 Å². The van der Waals surface area contributed by atoms with Gasteiger partial charge in [-0.1, -0.05) is 11.6 Å². The Balaban J connectivity index is 2.27. The number of halogens is 4. The first-order valence-corrected chi connectivity index (χ1v) is 7.35. The zero-order chi connectivity index (χ0) is 15.4. The van der Waals surface area contributed by atoms with Crippen molar-refractivity contribution in [2.24, 2.45) is 0 Å². The van der Waals surface area contributed by atoms with Crippen molar-refractivity contribution in [1.82, 2.24) is 0 Å². The van der Waals surface area contributed by atoms with Crippen LogP contribution in [0.15, 0.2) is 24.4 Å². The number of alkyl halides is 3. The molecule has 0 saturated heterocycles. The molecule has 0 aliphatic carbocycles. The second-order valence-electron chi connectivity index (χ2n) is 5.31. The van der Waals surface area contributed by atoms with Crippen molar-refractivity contribution >= 4 is 45.2 Å². The normalized spacial score (nSPS) is 20.5. The summed E-state index contributed by atoms with van der Waals surface area (Å²) in [7, 11) is 0. The van der Waals surface area contributed by atoms with Gasteiger partial charge in [-0.3, -0.25) is 0 Å². The van der Waals surface area contributed by atoms with E-state index in [1.807, 2.05) is 26.0 Å². The Morgan fingerprint density at radius 3 is 2.71 bits per heavy atom. The maximum atomic E-state index is 13.2. The second kappa shape index (κ2) is 4.89. The highest BCUT2D eigenvalue weighted by Crippen LogP contribution is 2.30. The van der Waals surface area contributed by atoms with Gasteiger partial charge in [0.05, 0.1) is 11.6 Å². The molecule has 0 amide bonds. The van der Waals surface area contributed by atoms with E-state index in [2.05, 4.69) is 5.32 Å². The Morgan fingerprint density at radius 2 is 2.05 bits per heavy atom. The van der Waals surface area contributed by atoms with Gasteiger partial charge in [-0.25, -0.2) is 0 Å². The second-order valence-corrected chi connectivity index (χ2v) is 6.27. The van der Waals surface area contributed by atoms with Gasteiger partial charge in [0.1, 0.15) is 0 Å². The number of anilines is 2. The minimum absolute atomic E-state index is 0.147. The first-order chi connectivity index (χ1) is 9.79. The standard InChI is InChI=1S/C15H14Cl2F2N2/c1-8-9(2)21(7-15(17,18)19)12-4-3-11-14(13(8)12)10(16)5-6-20-11/h3-6,9,20H,7H2,1-2H3. The lowest BCUT2D eigenvalue weighted by atomic mass is 10.1. The van der Waals surface area contributed by atoms with E-state index in [1.165, 1.54) is 0 Å². The van der Waals surface area contributed by atoms with Crippen molar-refractivity contribution < 1.29 is 8.78 Å². The minimum Gasteiger partial charge on any atom is -0.361 e. The molecule has 0 bridgehead atoms. The van der Waals surface area contributed by atoms with Crippen LogP contribution in [0, 0.1) is 0 Å². The average molecular weight is 331 g/mol. The van der Waals surface area contributed by atoms with E-state index in [0.717, 1.165) is 27.4 Å². The molecule has 1 aromatic carbocycles. The van der Waals surface area contributed by atoms with Gasteiger partial charge in [0.15, 0.2) is 0 Å². The van der Waals surface area contributed by atoms with Crippen LogP contribution in [0.1, 0.15) is 13.8 Å². The number of allylic oxidation sites excluding steroid dienone is 1. The number of nitrogens with zero attached hydrogens (tertiary/aromatic N) is 1. The monoisotopic (exact) mass is 330 g/mol. The quantitative estimate of drug-likeness (QED) is 0.838. The molecule has 1 N–H and O–H groups in total. The van der Waals surface area contributed by atoms with Crippen LogP contribution in [-0.4, -0.2) is 18.0 Å². The Labute approximate surface area is 131 Å². The zero-order valence-electron chi connectivity index (χ0n) is 11.6. The first-order valence-electron chi connectivity index (χ1n) is 6.59. The zero-order valence-corrected chi connectivity index (χ0v) is 13.1. The van der Waals surface area contributed by atoms with E-state index in [0.29, 0.717) is 5.03 Å². The van der Waals surface area contributed by atoms with Gasteiger partial charge in [0, 0.05) is 34.1 Å². The molecule has 112 valence electrons. The third kappa shape index (κ3) is 2.40. The topological polar surface area (TPSA) is 15.3 Å². The number of hydrogen-bond acceptors (Lipinski definition) is 2. The molecule has 6 heteroatoms. The van der Waals surface area contributed by atoms with Crippen LogP contribution in [0.25, 0.3) is 10.6 Å². The lowest BCUT2D eigenvalue weighted by Gasteiger charge is -2.28. The maximum absolute atomic E-state index is 13.2. The molecule has 0 fully saturated rings. The first kappa shape index (κ1) is 14.7. The van der Waals surface area contributed by atoms with Crippen LogP contribution in [0.4, 0.5) is 20.2 Å². The van der Waals surface area contributed by atoms with Gasteiger partial charge in [-0.2, -0.15) is 8.78 Å². The molecular weight excluding hydrogens is 317 g/mol. The van der Waals surface area contributed by atoms with Gasteiger partial charge >= 0.3 is 5.38 Å². The minimum atomic E-state index is -3.27. The summed E-state index contributed by atoms with van der Waals surface area (Å²) in [6.45, 7) is 3.31. The van der Waals surface area contributed by atoms with Crippen LogP contribution in [0.5, 0.6) is 0 Å². The fraction of sp³-hybridized carbons (Fsp3) is 0.333. The van der Waals surface area contributed by atoms with E-state index in [9.17, 15) is 8.78 Å². The smallest absolute Gasteiger partial charge is 0.338 e. The lowest BCUT2D eigenvalue weighted by Crippen LogP contribution is -2.39. The number of nitrogens with one attached hydrogen (secondary N) is 1. The number of fused-ring (bicyclic) bond motifs is 3. The molecule has 2 aliphatic heterocycles. The molecule has 21 heavy (non-hydrogen) atoms. The van der Waals surface area contributed by atoms with Crippen molar-refractivity contribution in [2.75, 3.05) is 16.8 Å². The Morgan fingerprint density at radius 1 is 1.33 bits per heavy atom. The molecule has 1 aromatic rings. The lowest BCUT2D eigenvalue weighted by molar-refractivity contribution is 0.103. The van der Waals surface area contributed by atoms with E-state index in [4.69, 9.17) is 23.2 Å². The van der Waals surface area contributed by atoms with Crippen LogP contribution in [0.3, 0.4) is 0 Å². The summed E-state index contributed by atoms with van der Waals surface area (Å²) in [5.41, 5.74) is 2.64. The molecule has 1 unspecified atom stereocenters. The Hall–Kier alpha value is -1.26. The average Bonchev–Trinajstić information content (AvgIpc) is 2.63. The molecule has 0 aromatic heterocycles. The summed E-state index contributed by atoms with van der Waals surface area (Å²) in [4.78, 5) is 1.63. The Bertz CT molecular complexity index is 750. The fourth-order valence-electron chi connectivity index (χ4n) is 2.95. The maximum Gasteiger partial charge on any atom is 0.338 e. The summed E-state index contributed by atoms with van der Waals surface area (Å²) in [6, 6.07) is 3.54. The van der Waals surface area contributed by atoms with Gasteiger partial charge in [0.2, 0.25) is 0 Å². The van der Waals surface area contributed by atoms with Gasteiger partial charge in [0.25, 0.3) is 0 Å².